The highest BCUT2D eigenvalue weighted by atomic mass is 32.1. The molecule has 4 heterocycles. The quantitative estimate of drug-likeness (QED) is 0.266. The van der Waals surface area contributed by atoms with Crippen molar-refractivity contribution in [3.63, 3.8) is 0 Å². The van der Waals surface area contributed by atoms with Crippen molar-refractivity contribution in [3.05, 3.63) is 65.4 Å². The summed E-state index contributed by atoms with van der Waals surface area (Å²) in [5, 5.41) is 17.3. The number of anilines is 2. The van der Waals surface area contributed by atoms with E-state index >= 15 is 0 Å². The van der Waals surface area contributed by atoms with Gasteiger partial charge in [0, 0.05) is 69.9 Å². The molecule has 2 aliphatic carbocycles. The molecule has 3 N–H and O–H groups in total. The van der Waals surface area contributed by atoms with E-state index in [1.807, 2.05) is 17.0 Å². The van der Waals surface area contributed by atoms with Gasteiger partial charge in [0.05, 0.1) is 12.3 Å². The Morgan fingerprint density at radius 2 is 1.87 bits per heavy atom. The molecule has 47 heavy (non-hydrogen) atoms. The Bertz CT molecular complexity index is 1520. The molecule has 252 valence electrons. The van der Waals surface area contributed by atoms with Crippen molar-refractivity contribution in [1.82, 2.24) is 25.1 Å². The van der Waals surface area contributed by atoms with Gasteiger partial charge >= 0.3 is 0 Å². The molecule has 0 unspecified atom stereocenters. The topological polar surface area (TPSA) is 136 Å². The monoisotopic (exact) mass is 663 g/mol. The molecule has 2 aliphatic heterocycles. The van der Waals surface area contributed by atoms with E-state index in [4.69, 9.17) is 14.1 Å². The smallest absolute Gasteiger partial charge is 0.251 e. The molecule has 2 amide bonds. The van der Waals surface area contributed by atoms with Gasteiger partial charge < -0.3 is 34.7 Å². The van der Waals surface area contributed by atoms with Crippen molar-refractivity contribution in [2.24, 2.45) is 5.92 Å². The van der Waals surface area contributed by atoms with Crippen molar-refractivity contribution in [2.45, 2.75) is 63.8 Å². The number of carbonyl (C=O) groups excluding carboxylic acids is 2. The number of nitrogens with zero attached hydrogens (tertiary/aromatic N) is 5. The summed E-state index contributed by atoms with van der Waals surface area (Å²) in [6.45, 7) is 5.21. The van der Waals surface area contributed by atoms with Crippen LogP contribution in [0, 0.1) is 5.92 Å². The van der Waals surface area contributed by atoms with Crippen molar-refractivity contribution in [2.75, 3.05) is 56.0 Å². The minimum Gasteiger partial charge on any atom is -0.486 e. The summed E-state index contributed by atoms with van der Waals surface area (Å²) >= 11 is 0. The van der Waals surface area contributed by atoms with Crippen LogP contribution in [-0.2, 0) is 24.4 Å². The standard InChI is InChI=1S/C34H43N7O5.H2S/c42-28(20-39-9-8-24-14-29(7-6-25(24)19-39)45-21-30-18-35-22-46-30)17-36-33(43)26-15-31(37-27-2-1-3-27)38-32(16-26)40-10-12-41(13-11-40)34(44)23-4-5-23;/h6-7,14-16,18,22-23,27-28,42H,1-5,8-13,17,19-21H2,(H,36,43)(H,37,38);1H2/t28-;/m0./s1. The van der Waals surface area contributed by atoms with Crippen LogP contribution in [-0.4, -0.2) is 94.6 Å². The van der Waals surface area contributed by atoms with Crippen molar-refractivity contribution in [3.8, 4) is 5.75 Å². The third kappa shape index (κ3) is 8.38. The van der Waals surface area contributed by atoms with Crippen LogP contribution in [0.3, 0.4) is 0 Å². The van der Waals surface area contributed by atoms with E-state index in [1.165, 1.54) is 23.9 Å². The number of nitrogens with one attached hydrogen (secondary N) is 2. The molecule has 0 bridgehead atoms. The number of pyridine rings is 1. The maximum atomic E-state index is 13.4. The average molecular weight is 664 g/mol. The first kappa shape index (κ1) is 33.1. The number of aliphatic hydroxyl groups is 1. The van der Waals surface area contributed by atoms with Gasteiger partial charge in [-0.1, -0.05) is 6.07 Å². The second kappa shape index (κ2) is 15.0. The number of aromatic nitrogens is 2. The average Bonchev–Trinajstić information content (AvgIpc) is 3.78. The third-order valence-corrected chi connectivity index (χ3v) is 9.47. The number of rotatable bonds is 12. The van der Waals surface area contributed by atoms with E-state index in [0.29, 0.717) is 62.5 Å². The Hall–Kier alpha value is -3.81. The molecule has 7 rings (SSSR count). The van der Waals surface area contributed by atoms with E-state index in [9.17, 15) is 14.7 Å². The van der Waals surface area contributed by atoms with Gasteiger partial charge in [0.2, 0.25) is 5.91 Å². The second-order valence-electron chi connectivity index (χ2n) is 13.0. The van der Waals surface area contributed by atoms with Crippen LogP contribution >= 0.6 is 13.5 Å². The van der Waals surface area contributed by atoms with E-state index in [2.05, 4.69) is 37.6 Å². The molecule has 1 aromatic carbocycles. The lowest BCUT2D eigenvalue weighted by Crippen LogP contribution is -2.49. The summed E-state index contributed by atoms with van der Waals surface area (Å²) in [5.41, 5.74) is 2.97. The van der Waals surface area contributed by atoms with Gasteiger partial charge in [-0.25, -0.2) is 9.97 Å². The number of hydrogen-bond donors (Lipinski definition) is 3. The minimum atomic E-state index is -0.707. The Balaban J connectivity index is 0.00000386. The number of carbonyl (C=O) groups is 2. The lowest BCUT2D eigenvalue weighted by Gasteiger charge is -2.36. The van der Waals surface area contributed by atoms with Gasteiger partial charge in [-0.2, -0.15) is 13.5 Å². The number of ether oxygens (including phenoxy) is 1. The van der Waals surface area contributed by atoms with Crippen LogP contribution in [0.25, 0.3) is 0 Å². The van der Waals surface area contributed by atoms with Gasteiger partial charge in [-0.3, -0.25) is 14.5 Å². The highest BCUT2D eigenvalue weighted by molar-refractivity contribution is 7.59. The number of oxazole rings is 1. The number of piperazine rings is 1. The highest BCUT2D eigenvalue weighted by Crippen LogP contribution is 2.32. The molecule has 1 atom stereocenters. The fourth-order valence-corrected chi connectivity index (χ4v) is 6.37. The predicted octanol–water partition coefficient (Wildman–Crippen LogP) is 2.93. The van der Waals surface area contributed by atoms with Gasteiger partial charge in [-0.15, -0.1) is 0 Å². The Morgan fingerprint density at radius 1 is 1.04 bits per heavy atom. The zero-order chi connectivity index (χ0) is 31.5. The van der Waals surface area contributed by atoms with Crippen molar-refractivity contribution < 1.29 is 23.8 Å². The number of amides is 2. The molecular formula is C34H45N7O5S. The van der Waals surface area contributed by atoms with Gasteiger partial charge in [0.25, 0.3) is 5.91 Å². The zero-order valence-corrected chi connectivity index (χ0v) is 27.7. The SMILES string of the molecule is O=C(NC[C@H](O)CN1CCc2cc(OCc3cnco3)ccc2C1)c1cc(NC2CCC2)nc(N2CCN(C(=O)C3CC3)CC2)c1.S. The maximum absolute atomic E-state index is 13.4. The first-order valence-corrected chi connectivity index (χ1v) is 16.6. The molecule has 3 aromatic rings. The normalized spacial score (nSPS) is 18.8. The number of β-amino-alcohol motifs (C(OH)–C–C–N with tert-alkyl or cyclic N) is 1. The van der Waals surface area contributed by atoms with Crippen LogP contribution in [0.2, 0.25) is 0 Å². The van der Waals surface area contributed by atoms with Crippen LogP contribution in [0.1, 0.15) is 59.3 Å². The van der Waals surface area contributed by atoms with Gasteiger partial charge in [0.1, 0.15) is 24.0 Å². The minimum absolute atomic E-state index is 0. The third-order valence-electron chi connectivity index (χ3n) is 9.47. The lowest BCUT2D eigenvalue weighted by atomic mass is 9.93. The van der Waals surface area contributed by atoms with Crippen molar-refractivity contribution in [1.29, 1.82) is 0 Å². The Labute approximate surface area is 282 Å². The number of hydrogen-bond acceptors (Lipinski definition) is 10. The molecule has 4 aliphatic rings. The number of fused-ring (bicyclic) bond motifs is 1. The summed E-state index contributed by atoms with van der Waals surface area (Å²) in [6, 6.07) is 10.1. The van der Waals surface area contributed by atoms with Crippen LogP contribution in [0.4, 0.5) is 11.6 Å². The highest BCUT2D eigenvalue weighted by Gasteiger charge is 2.35. The molecule has 12 nitrogen and oxygen atoms in total. The van der Waals surface area contributed by atoms with E-state index in [0.717, 1.165) is 56.8 Å². The summed E-state index contributed by atoms with van der Waals surface area (Å²) in [7, 11) is 0. The second-order valence-corrected chi connectivity index (χ2v) is 13.0. The maximum Gasteiger partial charge on any atom is 0.251 e. The first-order chi connectivity index (χ1) is 22.5. The van der Waals surface area contributed by atoms with Crippen LogP contribution in [0.15, 0.2) is 47.3 Å². The summed E-state index contributed by atoms with van der Waals surface area (Å²) in [6.07, 6.45) is 8.60. The summed E-state index contributed by atoms with van der Waals surface area (Å²) in [5.74, 6) is 3.18. The summed E-state index contributed by atoms with van der Waals surface area (Å²) in [4.78, 5) is 41.0. The molecular weight excluding hydrogens is 618 g/mol. The fraction of sp³-hybridized carbons (Fsp3) is 0.529. The van der Waals surface area contributed by atoms with E-state index in [-0.39, 0.29) is 37.8 Å². The van der Waals surface area contributed by atoms with E-state index in [1.54, 1.807) is 12.3 Å². The largest absolute Gasteiger partial charge is 0.486 e. The molecule has 2 saturated carbocycles. The molecule has 13 heteroatoms. The van der Waals surface area contributed by atoms with Crippen LogP contribution in [0.5, 0.6) is 5.75 Å². The zero-order valence-electron chi connectivity index (χ0n) is 26.7. The van der Waals surface area contributed by atoms with Crippen LogP contribution < -0.4 is 20.3 Å². The van der Waals surface area contributed by atoms with Crippen molar-refractivity contribution >= 4 is 36.9 Å². The molecule has 0 radical (unpaired) electrons. The predicted molar refractivity (Wildman–Crippen MR) is 182 cm³/mol. The van der Waals surface area contributed by atoms with Gasteiger partial charge in [0.15, 0.2) is 12.2 Å². The molecule has 3 fully saturated rings. The fourth-order valence-electron chi connectivity index (χ4n) is 6.37. The molecule has 0 spiro atoms. The Kier molecular flexibility index (Phi) is 10.5. The Morgan fingerprint density at radius 3 is 2.60 bits per heavy atom. The number of aliphatic hydroxyl groups excluding tert-OH is 1. The first-order valence-electron chi connectivity index (χ1n) is 16.6. The van der Waals surface area contributed by atoms with E-state index < -0.39 is 6.10 Å². The lowest BCUT2D eigenvalue weighted by molar-refractivity contribution is -0.132. The summed E-state index contributed by atoms with van der Waals surface area (Å²) < 4.78 is 11.1. The molecule has 1 saturated heterocycles. The molecule has 2 aromatic heterocycles. The van der Waals surface area contributed by atoms with Gasteiger partial charge in [-0.05, 0) is 73.9 Å². The number of benzene rings is 1.